The van der Waals surface area contributed by atoms with Crippen LogP contribution in [-0.2, 0) is 16.0 Å². The molecule has 6 nitrogen and oxygen atoms in total. The molecule has 8 heteroatoms. The molecule has 1 aliphatic carbocycles. The number of rotatable bonds is 6. The number of hydrogen-bond donors (Lipinski definition) is 2. The van der Waals surface area contributed by atoms with Crippen LogP contribution < -0.4 is 5.32 Å². The fourth-order valence-corrected chi connectivity index (χ4v) is 3.82. The molecule has 1 aliphatic rings. The number of halogens is 2. The summed E-state index contributed by atoms with van der Waals surface area (Å²) in [6, 6.07) is 14.0. The highest BCUT2D eigenvalue weighted by Gasteiger charge is 2.30. The number of benzene rings is 2. The van der Waals surface area contributed by atoms with Crippen molar-refractivity contribution in [2.75, 3.05) is 6.61 Å². The van der Waals surface area contributed by atoms with Crippen molar-refractivity contribution in [1.29, 1.82) is 0 Å². The van der Waals surface area contributed by atoms with Crippen molar-refractivity contribution in [3.05, 3.63) is 89.2 Å². The molecule has 1 heterocycles. The molecular formula is C23H18F2N2O4. The van der Waals surface area contributed by atoms with Crippen LogP contribution in [0.25, 0.3) is 11.1 Å². The fourth-order valence-electron chi connectivity index (χ4n) is 3.82. The van der Waals surface area contributed by atoms with E-state index >= 15 is 0 Å². The van der Waals surface area contributed by atoms with E-state index in [0.29, 0.717) is 0 Å². The first kappa shape index (κ1) is 20.5. The highest BCUT2D eigenvalue weighted by atomic mass is 19.1. The Morgan fingerprint density at radius 2 is 1.55 bits per heavy atom. The van der Waals surface area contributed by atoms with Crippen molar-refractivity contribution in [2.45, 2.75) is 18.4 Å². The first-order valence-corrected chi connectivity index (χ1v) is 9.58. The van der Waals surface area contributed by atoms with Gasteiger partial charge in [-0.25, -0.2) is 18.4 Å². The largest absolute Gasteiger partial charge is 0.480 e. The first-order valence-electron chi connectivity index (χ1n) is 9.58. The molecule has 4 rings (SSSR count). The minimum Gasteiger partial charge on any atom is -0.480 e. The zero-order valence-corrected chi connectivity index (χ0v) is 16.2. The van der Waals surface area contributed by atoms with E-state index in [1.54, 1.807) is 0 Å². The van der Waals surface area contributed by atoms with Gasteiger partial charge in [-0.05, 0) is 22.3 Å². The number of carbonyl (C=O) groups excluding carboxylic acids is 1. The number of aliphatic carboxylic acids is 1. The number of alkyl carbamates (subject to hydrolysis) is 1. The highest BCUT2D eigenvalue weighted by molar-refractivity contribution is 5.81. The summed E-state index contributed by atoms with van der Waals surface area (Å²) in [5, 5.41) is 11.6. The van der Waals surface area contributed by atoms with Gasteiger partial charge in [-0.2, -0.15) is 0 Å². The first-order chi connectivity index (χ1) is 15.0. The predicted molar refractivity (Wildman–Crippen MR) is 107 cm³/mol. The molecule has 0 bridgehead atoms. The Morgan fingerprint density at radius 1 is 1.00 bits per heavy atom. The highest BCUT2D eigenvalue weighted by Crippen LogP contribution is 2.44. The zero-order chi connectivity index (χ0) is 22.0. The van der Waals surface area contributed by atoms with E-state index in [0.717, 1.165) is 34.6 Å². The van der Waals surface area contributed by atoms with E-state index in [4.69, 9.17) is 4.74 Å². The number of amides is 1. The van der Waals surface area contributed by atoms with E-state index in [1.165, 1.54) is 0 Å². The molecule has 0 fully saturated rings. The van der Waals surface area contributed by atoms with Crippen LogP contribution in [0.15, 0.2) is 60.9 Å². The molecule has 1 atom stereocenters. The Labute approximate surface area is 176 Å². The summed E-state index contributed by atoms with van der Waals surface area (Å²) >= 11 is 0. The second-order valence-corrected chi connectivity index (χ2v) is 7.15. The van der Waals surface area contributed by atoms with Gasteiger partial charge in [0, 0.05) is 17.9 Å². The molecule has 158 valence electrons. The van der Waals surface area contributed by atoms with Crippen LogP contribution in [0.3, 0.4) is 0 Å². The fraction of sp³-hybridized carbons (Fsp3) is 0.174. The standard InChI is InChI=1S/C23H18F2N2O4/c24-19-10-26-11-20(25)17(19)9-21(22(28)29)27-23(30)31-12-18-15-7-3-1-5-13(15)14-6-2-4-8-16(14)18/h1-8,10-11,18,21H,9,12H2,(H,27,30)(H,28,29). The van der Waals surface area contributed by atoms with Crippen LogP contribution in [0.5, 0.6) is 0 Å². The van der Waals surface area contributed by atoms with Crippen molar-refractivity contribution < 1.29 is 28.2 Å². The van der Waals surface area contributed by atoms with Gasteiger partial charge in [0.15, 0.2) is 0 Å². The van der Waals surface area contributed by atoms with Crippen molar-refractivity contribution in [3.8, 4) is 11.1 Å². The molecule has 1 amide bonds. The van der Waals surface area contributed by atoms with Crippen LogP contribution in [-0.4, -0.2) is 34.8 Å². The van der Waals surface area contributed by atoms with Crippen LogP contribution >= 0.6 is 0 Å². The Bertz CT molecular complexity index is 1090. The van der Waals surface area contributed by atoms with E-state index in [2.05, 4.69) is 10.3 Å². The summed E-state index contributed by atoms with van der Waals surface area (Å²) in [4.78, 5) is 27.2. The SMILES string of the molecule is O=C(NC(Cc1c(F)cncc1F)C(=O)O)OCC1c2ccccc2-c2ccccc21. The predicted octanol–water partition coefficient (Wildman–Crippen LogP) is 3.89. The summed E-state index contributed by atoms with van der Waals surface area (Å²) in [7, 11) is 0. The Morgan fingerprint density at radius 3 is 2.10 bits per heavy atom. The minimum atomic E-state index is -1.57. The third-order valence-corrected chi connectivity index (χ3v) is 5.29. The molecule has 0 radical (unpaired) electrons. The lowest BCUT2D eigenvalue weighted by Gasteiger charge is -2.18. The van der Waals surface area contributed by atoms with Crippen LogP contribution in [0, 0.1) is 11.6 Å². The van der Waals surface area contributed by atoms with Crippen LogP contribution in [0.2, 0.25) is 0 Å². The smallest absolute Gasteiger partial charge is 0.407 e. The van der Waals surface area contributed by atoms with Crippen molar-refractivity contribution in [2.24, 2.45) is 0 Å². The molecule has 2 N–H and O–H groups in total. The minimum absolute atomic E-state index is 0.00974. The van der Waals surface area contributed by atoms with Gasteiger partial charge in [0.25, 0.3) is 0 Å². The normalized spacial score (nSPS) is 13.2. The summed E-state index contributed by atoms with van der Waals surface area (Å²) in [6.07, 6.45) is -0.00116. The number of carboxylic acid groups (broad SMARTS) is 1. The Balaban J connectivity index is 1.45. The number of aromatic nitrogens is 1. The number of nitrogens with one attached hydrogen (secondary N) is 1. The van der Waals surface area contributed by atoms with Crippen molar-refractivity contribution >= 4 is 12.1 Å². The van der Waals surface area contributed by atoms with E-state index in [-0.39, 0.29) is 12.5 Å². The van der Waals surface area contributed by atoms with Crippen molar-refractivity contribution in [1.82, 2.24) is 10.3 Å². The van der Waals surface area contributed by atoms with Crippen molar-refractivity contribution in [3.63, 3.8) is 0 Å². The van der Waals surface area contributed by atoms with Gasteiger partial charge in [-0.1, -0.05) is 48.5 Å². The summed E-state index contributed by atoms with van der Waals surface area (Å²) in [5.41, 5.74) is 3.65. The van der Waals surface area contributed by atoms with Gasteiger partial charge >= 0.3 is 12.1 Å². The monoisotopic (exact) mass is 424 g/mol. The summed E-state index contributed by atoms with van der Waals surface area (Å²) in [6.45, 7) is -0.00974. The number of carboxylic acids is 1. The molecule has 1 aromatic heterocycles. The van der Waals surface area contributed by atoms with Crippen LogP contribution in [0.4, 0.5) is 13.6 Å². The van der Waals surface area contributed by atoms with Gasteiger partial charge < -0.3 is 15.2 Å². The van der Waals surface area contributed by atoms with E-state index in [1.807, 2.05) is 48.5 Å². The Kier molecular flexibility index (Phi) is 5.62. The number of ether oxygens (including phenoxy) is 1. The van der Waals surface area contributed by atoms with E-state index in [9.17, 15) is 23.5 Å². The third-order valence-electron chi connectivity index (χ3n) is 5.29. The number of pyridine rings is 1. The van der Waals surface area contributed by atoms with Gasteiger partial charge in [0.2, 0.25) is 0 Å². The van der Waals surface area contributed by atoms with Gasteiger partial charge in [0.1, 0.15) is 24.3 Å². The summed E-state index contributed by atoms with van der Waals surface area (Å²) < 4.78 is 32.9. The lowest BCUT2D eigenvalue weighted by molar-refractivity contribution is -0.139. The molecular weight excluding hydrogens is 406 g/mol. The summed E-state index contributed by atoms with van der Waals surface area (Å²) in [5.74, 6) is -3.61. The number of carbonyl (C=O) groups is 2. The lowest BCUT2D eigenvalue weighted by atomic mass is 9.98. The maximum Gasteiger partial charge on any atom is 0.407 e. The van der Waals surface area contributed by atoms with Gasteiger partial charge in [0.05, 0.1) is 12.4 Å². The topological polar surface area (TPSA) is 88.5 Å². The van der Waals surface area contributed by atoms with Crippen LogP contribution in [0.1, 0.15) is 22.6 Å². The van der Waals surface area contributed by atoms with Gasteiger partial charge in [-0.3, -0.25) is 4.98 Å². The molecule has 0 aliphatic heterocycles. The molecule has 0 saturated carbocycles. The third kappa shape index (κ3) is 4.09. The maximum atomic E-state index is 13.8. The lowest BCUT2D eigenvalue weighted by Crippen LogP contribution is -2.43. The number of hydrogen-bond acceptors (Lipinski definition) is 4. The molecule has 0 saturated heterocycles. The average Bonchev–Trinajstić information content (AvgIpc) is 3.08. The zero-order valence-electron chi connectivity index (χ0n) is 16.2. The maximum absolute atomic E-state index is 13.8. The molecule has 31 heavy (non-hydrogen) atoms. The van der Waals surface area contributed by atoms with E-state index < -0.39 is 41.7 Å². The second kappa shape index (κ2) is 8.51. The molecule has 2 aromatic carbocycles. The average molecular weight is 424 g/mol. The van der Waals surface area contributed by atoms with Gasteiger partial charge in [-0.15, -0.1) is 0 Å². The Hall–Kier alpha value is -3.81. The number of fused-ring (bicyclic) bond motifs is 3. The molecule has 3 aromatic rings. The molecule has 1 unspecified atom stereocenters. The second-order valence-electron chi connectivity index (χ2n) is 7.15. The molecule has 0 spiro atoms. The number of nitrogens with zero attached hydrogens (tertiary/aromatic N) is 1. The quantitative estimate of drug-likeness (QED) is 0.627.